The molecule has 0 saturated carbocycles. The molecule has 1 amide bonds. The molecule has 15 heavy (non-hydrogen) atoms. The van der Waals surface area contributed by atoms with Crippen molar-refractivity contribution in [3.05, 3.63) is 12.2 Å². The number of aldehydes is 1. The van der Waals surface area contributed by atoms with Gasteiger partial charge in [0, 0.05) is 6.54 Å². The van der Waals surface area contributed by atoms with Gasteiger partial charge >= 0.3 is 6.09 Å². The van der Waals surface area contributed by atoms with Gasteiger partial charge in [0.05, 0.1) is 6.04 Å². The van der Waals surface area contributed by atoms with Crippen LogP contribution >= 0.6 is 0 Å². The Kier molecular flexibility index (Phi) is 3.17. The molecule has 1 aliphatic heterocycles. The van der Waals surface area contributed by atoms with Crippen molar-refractivity contribution in [3.8, 4) is 0 Å². The van der Waals surface area contributed by atoms with Gasteiger partial charge in [0.2, 0.25) is 0 Å². The van der Waals surface area contributed by atoms with Gasteiger partial charge in [-0.3, -0.25) is 4.90 Å². The third kappa shape index (κ3) is 3.08. The first-order chi connectivity index (χ1) is 6.83. The van der Waals surface area contributed by atoms with Crippen LogP contribution in [0, 0.1) is 0 Å². The zero-order chi connectivity index (χ0) is 11.6. The summed E-state index contributed by atoms with van der Waals surface area (Å²) in [6.07, 6.45) is 0.864. The monoisotopic (exact) mass is 211 g/mol. The number of hydrogen-bond donors (Lipinski definition) is 0. The maximum absolute atomic E-state index is 11.7. The minimum atomic E-state index is -0.533. The van der Waals surface area contributed by atoms with Crippen molar-refractivity contribution >= 4 is 12.4 Å². The molecule has 0 aromatic rings. The lowest BCUT2D eigenvalue weighted by Crippen LogP contribution is -2.40. The molecular weight excluding hydrogens is 194 g/mol. The van der Waals surface area contributed by atoms with Crippen LogP contribution in [-0.4, -0.2) is 35.5 Å². The third-order valence-corrected chi connectivity index (χ3v) is 2.08. The molecule has 1 rings (SSSR count). The van der Waals surface area contributed by atoms with Crippen LogP contribution in [0.3, 0.4) is 0 Å². The fourth-order valence-electron chi connectivity index (χ4n) is 1.47. The second-order valence-electron chi connectivity index (χ2n) is 4.77. The molecule has 4 heteroatoms. The Bertz CT molecular complexity index is 291. The van der Waals surface area contributed by atoms with Gasteiger partial charge < -0.3 is 9.53 Å². The summed E-state index contributed by atoms with van der Waals surface area (Å²) in [6.45, 7) is 9.58. The second kappa shape index (κ2) is 4.04. The van der Waals surface area contributed by atoms with Crippen molar-refractivity contribution in [3.63, 3.8) is 0 Å². The topological polar surface area (TPSA) is 46.6 Å². The maximum Gasteiger partial charge on any atom is 0.411 e. The standard InChI is InChI=1S/C11H17NO3/c1-8-5-9(7-13)12(6-8)10(14)15-11(2,3)4/h7,9H,1,5-6H2,2-4H3/t9-/m0/s1. The number of amides is 1. The first-order valence-electron chi connectivity index (χ1n) is 4.95. The first kappa shape index (κ1) is 11.8. The number of nitrogens with zero attached hydrogens (tertiary/aromatic N) is 1. The average molecular weight is 211 g/mol. The largest absolute Gasteiger partial charge is 0.444 e. The average Bonchev–Trinajstić information content (AvgIpc) is 2.43. The molecule has 1 fully saturated rings. The van der Waals surface area contributed by atoms with E-state index in [0.717, 1.165) is 11.9 Å². The van der Waals surface area contributed by atoms with Gasteiger partial charge in [-0.2, -0.15) is 0 Å². The van der Waals surface area contributed by atoms with Crippen LogP contribution < -0.4 is 0 Å². The summed E-state index contributed by atoms with van der Waals surface area (Å²) in [7, 11) is 0. The van der Waals surface area contributed by atoms with Crippen molar-refractivity contribution in [1.29, 1.82) is 0 Å². The minimum absolute atomic E-state index is 0.410. The third-order valence-electron chi connectivity index (χ3n) is 2.08. The van der Waals surface area contributed by atoms with Crippen LogP contribution in [0.15, 0.2) is 12.2 Å². The van der Waals surface area contributed by atoms with Gasteiger partial charge in [0.1, 0.15) is 11.9 Å². The van der Waals surface area contributed by atoms with E-state index in [1.807, 2.05) is 0 Å². The number of carbonyl (C=O) groups excluding carboxylic acids is 2. The molecule has 0 unspecified atom stereocenters. The second-order valence-corrected chi connectivity index (χ2v) is 4.77. The van der Waals surface area contributed by atoms with E-state index in [9.17, 15) is 9.59 Å². The number of likely N-dealkylation sites (tertiary alicyclic amines) is 1. The van der Waals surface area contributed by atoms with E-state index >= 15 is 0 Å². The Labute approximate surface area is 89.9 Å². The lowest BCUT2D eigenvalue weighted by atomic mass is 10.2. The Morgan fingerprint density at radius 1 is 1.60 bits per heavy atom. The molecule has 0 N–H and O–H groups in total. The summed E-state index contributed by atoms with van der Waals surface area (Å²) < 4.78 is 5.19. The molecule has 1 saturated heterocycles. The fraction of sp³-hybridized carbons (Fsp3) is 0.636. The number of rotatable bonds is 1. The quantitative estimate of drug-likeness (QED) is 0.490. The molecule has 1 aliphatic rings. The van der Waals surface area contributed by atoms with Crippen LogP contribution in [0.4, 0.5) is 4.79 Å². The summed E-state index contributed by atoms with van der Waals surface area (Å²) in [4.78, 5) is 23.8. The normalized spacial score (nSPS) is 21.7. The summed E-state index contributed by atoms with van der Waals surface area (Å²) in [5.41, 5.74) is 0.354. The van der Waals surface area contributed by atoms with E-state index in [2.05, 4.69) is 6.58 Å². The molecule has 0 aromatic heterocycles. The Morgan fingerprint density at radius 3 is 2.67 bits per heavy atom. The van der Waals surface area contributed by atoms with Crippen molar-refractivity contribution in [2.45, 2.75) is 38.8 Å². The predicted molar refractivity (Wildman–Crippen MR) is 56.5 cm³/mol. The van der Waals surface area contributed by atoms with Crippen molar-refractivity contribution in [2.24, 2.45) is 0 Å². The van der Waals surface area contributed by atoms with Crippen molar-refractivity contribution < 1.29 is 14.3 Å². The van der Waals surface area contributed by atoms with E-state index in [1.165, 1.54) is 4.90 Å². The van der Waals surface area contributed by atoms with Crippen LogP contribution in [0.5, 0.6) is 0 Å². The number of ether oxygens (including phenoxy) is 1. The molecule has 0 aromatic carbocycles. The van der Waals surface area contributed by atoms with Gasteiger partial charge in [-0.1, -0.05) is 12.2 Å². The van der Waals surface area contributed by atoms with E-state index in [-0.39, 0.29) is 0 Å². The zero-order valence-corrected chi connectivity index (χ0v) is 9.45. The van der Waals surface area contributed by atoms with E-state index < -0.39 is 17.7 Å². The molecule has 1 heterocycles. The Balaban J connectivity index is 2.67. The van der Waals surface area contributed by atoms with Gasteiger partial charge in [-0.05, 0) is 27.2 Å². The lowest BCUT2D eigenvalue weighted by Gasteiger charge is -2.26. The maximum atomic E-state index is 11.7. The highest BCUT2D eigenvalue weighted by atomic mass is 16.6. The van der Waals surface area contributed by atoms with Crippen molar-refractivity contribution in [1.82, 2.24) is 4.90 Å². The molecule has 0 radical (unpaired) electrons. The Morgan fingerprint density at radius 2 is 2.20 bits per heavy atom. The first-order valence-corrected chi connectivity index (χ1v) is 4.95. The van der Waals surface area contributed by atoms with Crippen LogP contribution in [0.2, 0.25) is 0 Å². The van der Waals surface area contributed by atoms with Gasteiger partial charge in [0.25, 0.3) is 0 Å². The van der Waals surface area contributed by atoms with Gasteiger partial charge in [-0.25, -0.2) is 4.79 Å². The van der Waals surface area contributed by atoms with Crippen LogP contribution in [0.25, 0.3) is 0 Å². The molecule has 1 atom stereocenters. The van der Waals surface area contributed by atoms with E-state index in [1.54, 1.807) is 20.8 Å². The molecule has 4 nitrogen and oxygen atoms in total. The van der Waals surface area contributed by atoms with Crippen LogP contribution in [0.1, 0.15) is 27.2 Å². The highest BCUT2D eigenvalue weighted by molar-refractivity contribution is 5.75. The van der Waals surface area contributed by atoms with Gasteiger partial charge in [-0.15, -0.1) is 0 Å². The van der Waals surface area contributed by atoms with E-state index in [0.29, 0.717) is 13.0 Å². The predicted octanol–water partition coefficient (Wildman–Crippen LogP) is 1.75. The molecule has 84 valence electrons. The SMILES string of the molecule is C=C1C[C@@H](C=O)N(C(=O)OC(C)(C)C)C1. The van der Waals surface area contributed by atoms with E-state index in [4.69, 9.17) is 4.74 Å². The Hall–Kier alpha value is -1.32. The number of hydrogen-bond acceptors (Lipinski definition) is 3. The van der Waals surface area contributed by atoms with Crippen LogP contribution in [-0.2, 0) is 9.53 Å². The zero-order valence-electron chi connectivity index (χ0n) is 9.45. The minimum Gasteiger partial charge on any atom is -0.444 e. The molecule has 0 bridgehead atoms. The number of carbonyl (C=O) groups is 2. The highest BCUT2D eigenvalue weighted by Gasteiger charge is 2.33. The summed E-state index contributed by atoms with van der Waals surface area (Å²) in [5, 5.41) is 0. The summed E-state index contributed by atoms with van der Waals surface area (Å²) >= 11 is 0. The molecule has 0 aliphatic carbocycles. The smallest absolute Gasteiger partial charge is 0.411 e. The highest BCUT2D eigenvalue weighted by Crippen LogP contribution is 2.22. The lowest BCUT2D eigenvalue weighted by molar-refractivity contribution is -0.111. The molecule has 0 spiro atoms. The summed E-state index contributed by atoms with van der Waals surface area (Å²) in [6, 6.07) is -0.410. The van der Waals surface area contributed by atoms with Crippen molar-refractivity contribution in [2.75, 3.05) is 6.54 Å². The fourth-order valence-corrected chi connectivity index (χ4v) is 1.47. The van der Waals surface area contributed by atoms with Gasteiger partial charge in [0.15, 0.2) is 0 Å². The summed E-state index contributed by atoms with van der Waals surface area (Å²) in [5.74, 6) is 0. The molecular formula is C11H17NO3.